The smallest absolute Gasteiger partial charge is 0.238 e. The fourth-order valence-electron chi connectivity index (χ4n) is 1.52. The molecular weight excluding hydrogens is 332 g/mol. The highest BCUT2D eigenvalue weighted by molar-refractivity contribution is 9.10. The largest absolute Gasteiger partial charge is 0.493 e. The third-order valence-corrected chi connectivity index (χ3v) is 3.25. The van der Waals surface area contributed by atoms with Crippen molar-refractivity contribution in [2.45, 2.75) is 13.3 Å². The molecule has 0 unspecified atom stereocenters. The molecule has 0 atom stereocenters. The molecule has 0 amide bonds. The van der Waals surface area contributed by atoms with Crippen molar-refractivity contribution in [3.63, 3.8) is 0 Å². The topological polar surface area (TPSA) is 44.2 Å². The van der Waals surface area contributed by atoms with Crippen molar-refractivity contribution in [3.05, 3.63) is 39.7 Å². The number of ether oxygens (including phenoxy) is 2. The van der Waals surface area contributed by atoms with Crippen LogP contribution in [0, 0.1) is 0 Å². The molecule has 0 saturated carbocycles. The number of rotatable bonds is 4. The Morgan fingerprint density at radius 3 is 2.79 bits per heavy atom. The van der Waals surface area contributed by atoms with Crippen molar-refractivity contribution < 1.29 is 9.47 Å². The van der Waals surface area contributed by atoms with E-state index in [9.17, 15) is 0 Å². The average Bonchev–Trinajstić information content (AvgIpc) is 2.43. The molecule has 0 bridgehead atoms. The first-order chi connectivity index (χ1) is 9.13. The SMILES string of the molecule is CCc1ccc(Oc2nc(Cl)ncc2Br)c(OC)c1. The third-order valence-electron chi connectivity index (χ3n) is 2.53. The summed E-state index contributed by atoms with van der Waals surface area (Å²) in [5, 5.41) is 0.127. The Hall–Kier alpha value is -1.33. The molecule has 0 radical (unpaired) electrons. The Bertz CT molecular complexity index is 593. The Morgan fingerprint density at radius 2 is 2.11 bits per heavy atom. The van der Waals surface area contributed by atoms with E-state index in [-0.39, 0.29) is 5.28 Å². The van der Waals surface area contributed by atoms with Gasteiger partial charge in [-0.15, -0.1) is 0 Å². The van der Waals surface area contributed by atoms with Gasteiger partial charge in [0, 0.05) is 6.20 Å². The molecule has 0 aliphatic heterocycles. The van der Waals surface area contributed by atoms with Crippen LogP contribution in [0.1, 0.15) is 12.5 Å². The summed E-state index contributed by atoms with van der Waals surface area (Å²) in [4.78, 5) is 7.86. The maximum Gasteiger partial charge on any atom is 0.238 e. The molecule has 2 rings (SSSR count). The van der Waals surface area contributed by atoms with Crippen molar-refractivity contribution in [2.24, 2.45) is 0 Å². The van der Waals surface area contributed by atoms with Gasteiger partial charge in [-0.05, 0) is 51.6 Å². The number of hydrogen-bond donors (Lipinski definition) is 0. The third kappa shape index (κ3) is 3.36. The van der Waals surface area contributed by atoms with Crippen LogP contribution in [-0.2, 0) is 6.42 Å². The van der Waals surface area contributed by atoms with Crippen molar-refractivity contribution in [1.29, 1.82) is 0 Å². The van der Waals surface area contributed by atoms with Crippen LogP contribution in [-0.4, -0.2) is 17.1 Å². The first-order valence-corrected chi connectivity index (χ1v) is 6.84. The van der Waals surface area contributed by atoms with Crippen LogP contribution in [0.5, 0.6) is 17.4 Å². The van der Waals surface area contributed by atoms with Crippen LogP contribution in [0.3, 0.4) is 0 Å². The highest BCUT2D eigenvalue weighted by Crippen LogP contribution is 2.34. The number of hydrogen-bond acceptors (Lipinski definition) is 4. The van der Waals surface area contributed by atoms with E-state index in [2.05, 4.69) is 32.8 Å². The van der Waals surface area contributed by atoms with E-state index >= 15 is 0 Å². The van der Waals surface area contributed by atoms with Crippen LogP contribution in [0.25, 0.3) is 0 Å². The molecular formula is C13H12BrClN2O2. The van der Waals surface area contributed by atoms with Gasteiger partial charge in [0.05, 0.1) is 11.6 Å². The lowest BCUT2D eigenvalue weighted by Gasteiger charge is -2.11. The molecule has 0 spiro atoms. The van der Waals surface area contributed by atoms with Gasteiger partial charge in [0.15, 0.2) is 11.5 Å². The lowest BCUT2D eigenvalue weighted by Crippen LogP contribution is -1.95. The van der Waals surface area contributed by atoms with Gasteiger partial charge in [-0.25, -0.2) is 4.98 Å². The molecule has 100 valence electrons. The minimum atomic E-state index is 0.127. The first kappa shape index (κ1) is 14.1. The molecule has 6 heteroatoms. The number of halogens is 2. The second-order valence-electron chi connectivity index (χ2n) is 3.73. The molecule has 19 heavy (non-hydrogen) atoms. The van der Waals surface area contributed by atoms with E-state index in [0.29, 0.717) is 21.9 Å². The van der Waals surface area contributed by atoms with Gasteiger partial charge >= 0.3 is 0 Å². The summed E-state index contributed by atoms with van der Waals surface area (Å²) in [6.07, 6.45) is 2.47. The quantitative estimate of drug-likeness (QED) is 0.778. The van der Waals surface area contributed by atoms with Crippen molar-refractivity contribution in [1.82, 2.24) is 9.97 Å². The number of methoxy groups -OCH3 is 1. The number of aromatic nitrogens is 2. The second-order valence-corrected chi connectivity index (χ2v) is 4.93. The van der Waals surface area contributed by atoms with E-state index in [1.165, 1.54) is 11.8 Å². The fraction of sp³-hybridized carbons (Fsp3) is 0.231. The second kappa shape index (κ2) is 6.21. The zero-order valence-corrected chi connectivity index (χ0v) is 12.8. The summed E-state index contributed by atoms with van der Waals surface area (Å²) in [6, 6.07) is 5.76. The van der Waals surface area contributed by atoms with Crippen molar-refractivity contribution in [3.8, 4) is 17.4 Å². The van der Waals surface area contributed by atoms with E-state index < -0.39 is 0 Å². The van der Waals surface area contributed by atoms with Crippen molar-refractivity contribution in [2.75, 3.05) is 7.11 Å². The zero-order chi connectivity index (χ0) is 13.8. The van der Waals surface area contributed by atoms with Crippen LogP contribution in [0.2, 0.25) is 5.28 Å². The molecule has 1 heterocycles. The Kier molecular flexibility index (Phi) is 4.61. The van der Waals surface area contributed by atoms with Crippen LogP contribution in [0.15, 0.2) is 28.9 Å². The minimum Gasteiger partial charge on any atom is -0.493 e. The highest BCUT2D eigenvalue weighted by atomic mass is 79.9. The van der Waals surface area contributed by atoms with E-state index in [1.807, 2.05) is 18.2 Å². The maximum atomic E-state index is 5.75. The number of nitrogens with zero attached hydrogens (tertiary/aromatic N) is 2. The van der Waals surface area contributed by atoms with Crippen molar-refractivity contribution >= 4 is 27.5 Å². The van der Waals surface area contributed by atoms with Gasteiger partial charge in [-0.3, -0.25) is 0 Å². The standard InChI is InChI=1S/C13H12BrClN2O2/c1-3-8-4-5-10(11(6-8)18-2)19-12-9(14)7-16-13(15)17-12/h4-7H,3H2,1-2H3. The number of aryl methyl sites for hydroxylation is 1. The molecule has 2 aromatic rings. The molecule has 4 nitrogen and oxygen atoms in total. The first-order valence-electron chi connectivity index (χ1n) is 5.66. The summed E-state index contributed by atoms with van der Waals surface area (Å²) in [5.41, 5.74) is 1.17. The van der Waals surface area contributed by atoms with Gasteiger partial charge in [-0.1, -0.05) is 13.0 Å². The molecule has 0 fully saturated rings. The summed E-state index contributed by atoms with van der Waals surface area (Å²) in [6.45, 7) is 2.08. The predicted molar refractivity (Wildman–Crippen MR) is 77.2 cm³/mol. The Labute approximate surface area is 124 Å². The molecule has 0 N–H and O–H groups in total. The molecule has 0 aliphatic carbocycles. The molecule has 0 saturated heterocycles. The normalized spacial score (nSPS) is 10.3. The Morgan fingerprint density at radius 1 is 1.32 bits per heavy atom. The van der Waals surface area contributed by atoms with Gasteiger partial charge < -0.3 is 9.47 Å². The van der Waals surface area contributed by atoms with Crippen LogP contribution < -0.4 is 9.47 Å². The lowest BCUT2D eigenvalue weighted by atomic mass is 10.1. The molecule has 0 aliphatic rings. The van der Waals surface area contributed by atoms with Gasteiger partial charge in [-0.2, -0.15) is 4.98 Å². The van der Waals surface area contributed by atoms with E-state index in [4.69, 9.17) is 21.1 Å². The van der Waals surface area contributed by atoms with Crippen LogP contribution in [0.4, 0.5) is 0 Å². The summed E-state index contributed by atoms with van der Waals surface area (Å²) < 4.78 is 11.6. The van der Waals surface area contributed by atoms with Gasteiger partial charge in [0.1, 0.15) is 0 Å². The van der Waals surface area contributed by atoms with E-state index in [1.54, 1.807) is 7.11 Å². The number of benzene rings is 1. The zero-order valence-electron chi connectivity index (χ0n) is 10.5. The van der Waals surface area contributed by atoms with Gasteiger partial charge in [0.25, 0.3) is 0 Å². The van der Waals surface area contributed by atoms with Crippen LogP contribution >= 0.6 is 27.5 Å². The Balaban J connectivity index is 2.35. The minimum absolute atomic E-state index is 0.127. The summed E-state index contributed by atoms with van der Waals surface area (Å²) in [5.74, 6) is 1.58. The molecule has 1 aromatic carbocycles. The monoisotopic (exact) mass is 342 g/mol. The average molecular weight is 344 g/mol. The maximum absolute atomic E-state index is 5.75. The summed E-state index contributed by atoms with van der Waals surface area (Å²) >= 11 is 9.06. The predicted octanol–water partition coefficient (Wildman–Crippen LogP) is 4.26. The molecule has 1 aromatic heterocycles. The van der Waals surface area contributed by atoms with Gasteiger partial charge in [0.2, 0.25) is 11.2 Å². The fourth-order valence-corrected chi connectivity index (χ4v) is 1.92. The van der Waals surface area contributed by atoms with E-state index in [0.717, 1.165) is 6.42 Å². The lowest BCUT2D eigenvalue weighted by molar-refractivity contribution is 0.372. The summed E-state index contributed by atoms with van der Waals surface area (Å²) in [7, 11) is 1.60. The highest BCUT2D eigenvalue weighted by Gasteiger charge is 2.11.